The quantitative estimate of drug-likeness (QED) is 0.787. The van der Waals surface area contributed by atoms with Crippen LogP contribution in [0.2, 0.25) is 5.02 Å². The number of hydrogen-bond acceptors (Lipinski definition) is 3. The number of carbonyl (C=O) groups excluding carboxylic acids is 2. The number of carbonyl (C=O) groups is 2. The Kier molecular flexibility index (Phi) is 6.58. The highest BCUT2D eigenvalue weighted by atomic mass is 35.5. The van der Waals surface area contributed by atoms with Gasteiger partial charge >= 0.3 is 0 Å². The van der Waals surface area contributed by atoms with Crippen LogP contribution < -0.4 is 10.6 Å². The minimum Gasteiger partial charge on any atom is -0.467 e. The van der Waals surface area contributed by atoms with Gasteiger partial charge in [-0.3, -0.25) is 9.59 Å². The first kappa shape index (κ1) is 19.0. The van der Waals surface area contributed by atoms with Crippen LogP contribution in [0.25, 0.3) is 0 Å². The van der Waals surface area contributed by atoms with Gasteiger partial charge in [-0.05, 0) is 36.6 Å². The van der Waals surface area contributed by atoms with E-state index in [0.717, 1.165) is 6.07 Å². The summed E-state index contributed by atoms with van der Waals surface area (Å²) in [6.45, 7) is 4.06. The molecule has 5 nitrogen and oxygen atoms in total. The van der Waals surface area contributed by atoms with E-state index in [0.29, 0.717) is 12.2 Å². The van der Waals surface area contributed by atoms with E-state index >= 15 is 0 Å². The van der Waals surface area contributed by atoms with E-state index in [1.54, 1.807) is 12.1 Å². The molecule has 0 radical (unpaired) electrons. The number of hydrogen-bond donors (Lipinski definition) is 2. The summed E-state index contributed by atoms with van der Waals surface area (Å²) in [5, 5.41) is 5.27. The Labute approximate surface area is 150 Å². The molecule has 7 heteroatoms. The molecule has 0 bridgehead atoms. The fourth-order valence-electron chi connectivity index (χ4n) is 2.36. The van der Waals surface area contributed by atoms with Crippen molar-refractivity contribution in [2.24, 2.45) is 5.92 Å². The van der Waals surface area contributed by atoms with Gasteiger partial charge < -0.3 is 15.1 Å². The Morgan fingerprint density at radius 2 is 2.00 bits per heavy atom. The van der Waals surface area contributed by atoms with Crippen molar-refractivity contribution < 1.29 is 18.4 Å². The predicted octanol–water partition coefficient (Wildman–Crippen LogP) is 3.53. The van der Waals surface area contributed by atoms with Gasteiger partial charge in [0.1, 0.15) is 17.6 Å². The molecule has 2 rings (SSSR count). The van der Waals surface area contributed by atoms with Crippen LogP contribution in [0.5, 0.6) is 0 Å². The molecule has 1 aromatic heterocycles. The van der Waals surface area contributed by atoms with Crippen molar-refractivity contribution in [3.8, 4) is 0 Å². The number of nitrogens with one attached hydrogen (secondary N) is 2. The molecule has 1 heterocycles. The van der Waals surface area contributed by atoms with Crippen LogP contribution in [0, 0.1) is 11.7 Å². The minimum atomic E-state index is -0.807. The molecule has 0 saturated heterocycles. The van der Waals surface area contributed by atoms with Crippen molar-refractivity contribution in [1.29, 1.82) is 0 Å². The van der Waals surface area contributed by atoms with E-state index in [2.05, 4.69) is 10.6 Å². The zero-order valence-corrected chi connectivity index (χ0v) is 14.8. The largest absolute Gasteiger partial charge is 0.467 e. The lowest BCUT2D eigenvalue weighted by atomic mass is 10.0. The van der Waals surface area contributed by atoms with Crippen LogP contribution in [-0.4, -0.2) is 17.9 Å². The van der Waals surface area contributed by atoms with Crippen molar-refractivity contribution in [2.45, 2.75) is 32.9 Å². The Morgan fingerprint density at radius 1 is 1.24 bits per heavy atom. The highest BCUT2D eigenvalue weighted by Gasteiger charge is 2.25. The third-order valence-electron chi connectivity index (χ3n) is 3.54. The third kappa shape index (κ3) is 5.32. The maximum Gasteiger partial charge on any atom is 0.256 e. The van der Waals surface area contributed by atoms with Gasteiger partial charge in [-0.1, -0.05) is 31.5 Å². The summed E-state index contributed by atoms with van der Waals surface area (Å²) in [5.74, 6) is -1.08. The van der Waals surface area contributed by atoms with E-state index in [-0.39, 0.29) is 29.0 Å². The van der Waals surface area contributed by atoms with E-state index in [1.807, 2.05) is 13.8 Å². The number of amides is 2. The van der Waals surface area contributed by atoms with Crippen molar-refractivity contribution >= 4 is 23.4 Å². The average Bonchev–Trinajstić information content (AvgIpc) is 3.04. The monoisotopic (exact) mass is 366 g/mol. The molecule has 0 saturated carbocycles. The van der Waals surface area contributed by atoms with Crippen molar-refractivity contribution in [1.82, 2.24) is 10.6 Å². The summed E-state index contributed by atoms with van der Waals surface area (Å²) in [6, 6.07) is 6.63. The van der Waals surface area contributed by atoms with E-state index in [4.69, 9.17) is 16.0 Å². The second-order valence-electron chi connectivity index (χ2n) is 6.05. The van der Waals surface area contributed by atoms with E-state index in [1.165, 1.54) is 18.4 Å². The number of rotatable bonds is 7. The summed E-state index contributed by atoms with van der Waals surface area (Å²) in [6.07, 6.45) is 1.91. The number of furan rings is 1. The van der Waals surface area contributed by atoms with Gasteiger partial charge in [-0.25, -0.2) is 4.39 Å². The van der Waals surface area contributed by atoms with Gasteiger partial charge in [-0.15, -0.1) is 0 Å². The maximum absolute atomic E-state index is 13.9. The maximum atomic E-state index is 13.9. The summed E-state index contributed by atoms with van der Waals surface area (Å²) in [4.78, 5) is 24.8. The summed E-state index contributed by atoms with van der Waals surface area (Å²) < 4.78 is 19.0. The lowest BCUT2D eigenvalue weighted by molar-refractivity contribution is -0.123. The SMILES string of the molecule is CC(C)C[C@H](NC(=O)c1c(F)cccc1Cl)C(=O)NCc1ccco1. The lowest BCUT2D eigenvalue weighted by Gasteiger charge is -2.20. The number of halogens is 2. The highest BCUT2D eigenvalue weighted by Crippen LogP contribution is 2.19. The third-order valence-corrected chi connectivity index (χ3v) is 3.85. The molecular weight excluding hydrogens is 347 g/mol. The van der Waals surface area contributed by atoms with Gasteiger partial charge in [-0.2, -0.15) is 0 Å². The first-order valence-corrected chi connectivity index (χ1v) is 8.31. The van der Waals surface area contributed by atoms with Crippen molar-refractivity contribution in [2.75, 3.05) is 0 Å². The molecule has 0 spiro atoms. The Morgan fingerprint density at radius 3 is 2.60 bits per heavy atom. The number of benzene rings is 1. The Bertz CT molecular complexity index is 712. The van der Waals surface area contributed by atoms with Gasteiger partial charge in [0.2, 0.25) is 5.91 Å². The van der Waals surface area contributed by atoms with Gasteiger partial charge in [0.15, 0.2) is 0 Å². The van der Waals surface area contributed by atoms with Crippen LogP contribution in [0.4, 0.5) is 4.39 Å². The van der Waals surface area contributed by atoms with E-state index < -0.39 is 17.8 Å². The van der Waals surface area contributed by atoms with Crippen LogP contribution >= 0.6 is 11.6 Å². The molecule has 134 valence electrons. The fourth-order valence-corrected chi connectivity index (χ4v) is 2.61. The smallest absolute Gasteiger partial charge is 0.256 e. The normalized spacial score (nSPS) is 12.0. The molecule has 0 unspecified atom stereocenters. The fraction of sp³-hybridized carbons (Fsp3) is 0.333. The second kappa shape index (κ2) is 8.67. The standard InChI is InChI=1S/C18H20ClFN2O3/c1-11(2)9-15(17(23)21-10-12-5-4-8-25-12)22-18(24)16-13(19)6-3-7-14(16)20/h3-8,11,15H,9-10H2,1-2H3,(H,21,23)(H,22,24)/t15-/m0/s1. The molecule has 0 fully saturated rings. The molecule has 1 atom stereocenters. The molecule has 25 heavy (non-hydrogen) atoms. The van der Waals surface area contributed by atoms with Crippen LogP contribution in [-0.2, 0) is 11.3 Å². The molecule has 0 aliphatic carbocycles. The molecule has 2 amide bonds. The van der Waals surface area contributed by atoms with Gasteiger partial charge in [0.05, 0.1) is 23.4 Å². The van der Waals surface area contributed by atoms with Crippen molar-refractivity contribution in [3.05, 3.63) is 58.8 Å². The molecule has 0 aliphatic heterocycles. The Balaban J connectivity index is 2.08. The summed E-state index contributed by atoms with van der Waals surface area (Å²) in [7, 11) is 0. The summed E-state index contributed by atoms with van der Waals surface area (Å²) in [5.41, 5.74) is -0.267. The molecule has 2 N–H and O–H groups in total. The summed E-state index contributed by atoms with van der Waals surface area (Å²) >= 11 is 5.91. The zero-order chi connectivity index (χ0) is 18.4. The zero-order valence-electron chi connectivity index (χ0n) is 14.0. The molecule has 0 aliphatic rings. The van der Waals surface area contributed by atoms with Crippen molar-refractivity contribution in [3.63, 3.8) is 0 Å². The first-order valence-electron chi connectivity index (χ1n) is 7.93. The van der Waals surface area contributed by atoms with E-state index in [9.17, 15) is 14.0 Å². The molecular formula is C18H20ClFN2O3. The van der Waals surface area contributed by atoms with Crippen LogP contribution in [0.3, 0.4) is 0 Å². The second-order valence-corrected chi connectivity index (χ2v) is 6.46. The predicted molar refractivity (Wildman–Crippen MR) is 92.7 cm³/mol. The Hall–Kier alpha value is -2.34. The molecule has 1 aromatic carbocycles. The van der Waals surface area contributed by atoms with Crippen LogP contribution in [0.1, 0.15) is 36.4 Å². The van der Waals surface area contributed by atoms with Gasteiger partial charge in [0, 0.05) is 0 Å². The topological polar surface area (TPSA) is 71.3 Å². The van der Waals surface area contributed by atoms with Gasteiger partial charge in [0.25, 0.3) is 5.91 Å². The average molecular weight is 367 g/mol. The first-order chi connectivity index (χ1) is 11.9. The molecule has 2 aromatic rings. The van der Waals surface area contributed by atoms with Crippen LogP contribution in [0.15, 0.2) is 41.0 Å². The highest BCUT2D eigenvalue weighted by molar-refractivity contribution is 6.33. The minimum absolute atomic E-state index is 0.00297. The lowest BCUT2D eigenvalue weighted by Crippen LogP contribution is -2.47.